The molecule has 0 aliphatic heterocycles. The van der Waals surface area contributed by atoms with Gasteiger partial charge in [-0.15, -0.1) is 0 Å². The molecule has 0 unspecified atom stereocenters. The Kier molecular flexibility index (Phi) is 5.80. The molecule has 0 radical (unpaired) electrons. The minimum Gasteiger partial charge on any atom is -0.472 e. The minimum absolute atomic E-state index is 0.0233. The molecule has 1 aromatic heterocycles. The first-order valence-corrected chi connectivity index (χ1v) is 13.0. The van der Waals surface area contributed by atoms with Crippen molar-refractivity contribution in [1.29, 1.82) is 0 Å². The number of furan rings is 1. The van der Waals surface area contributed by atoms with E-state index in [1.54, 1.807) is 6.26 Å². The number of rotatable bonds is 6. The van der Waals surface area contributed by atoms with Crippen LogP contribution in [0, 0.1) is 28.6 Å². The van der Waals surface area contributed by atoms with Crippen molar-refractivity contribution in [3.05, 3.63) is 24.2 Å². The zero-order valence-electron chi connectivity index (χ0n) is 19.7. The van der Waals surface area contributed by atoms with Crippen LogP contribution in [0.1, 0.15) is 96.0 Å². The molecule has 0 spiro atoms. The summed E-state index contributed by atoms with van der Waals surface area (Å²) in [5.41, 5.74) is 6.74. The van der Waals surface area contributed by atoms with Gasteiger partial charge in [-0.3, -0.25) is 0 Å². The second-order valence-corrected chi connectivity index (χ2v) is 11.8. The van der Waals surface area contributed by atoms with Gasteiger partial charge in [0.1, 0.15) is 0 Å². The normalized spacial score (nSPS) is 46.9. The monoisotopic (exact) mass is 429 g/mol. The second kappa shape index (κ2) is 8.18. The van der Waals surface area contributed by atoms with Crippen LogP contribution in [-0.2, 0) is 4.74 Å². The zero-order valence-corrected chi connectivity index (χ0v) is 19.7. The molecule has 0 amide bonds. The maximum atomic E-state index is 12.3. The van der Waals surface area contributed by atoms with Crippen molar-refractivity contribution in [2.45, 2.75) is 102 Å². The molecule has 4 aliphatic rings. The van der Waals surface area contributed by atoms with Gasteiger partial charge in [0.2, 0.25) is 0 Å². The van der Waals surface area contributed by atoms with Crippen LogP contribution >= 0.6 is 0 Å². The fourth-order valence-corrected chi connectivity index (χ4v) is 8.84. The summed E-state index contributed by atoms with van der Waals surface area (Å²) in [6, 6.07) is 2.13. The molecule has 31 heavy (non-hydrogen) atoms. The minimum atomic E-state index is -0.526. The van der Waals surface area contributed by atoms with Crippen LogP contribution in [0.15, 0.2) is 23.0 Å². The predicted octanol–water partition coefficient (Wildman–Crippen LogP) is 5.64. The van der Waals surface area contributed by atoms with Crippen LogP contribution < -0.4 is 5.73 Å². The summed E-state index contributed by atoms with van der Waals surface area (Å²) >= 11 is 0. The Morgan fingerprint density at radius 2 is 1.94 bits per heavy atom. The third-order valence-corrected chi connectivity index (χ3v) is 10.7. The van der Waals surface area contributed by atoms with E-state index in [9.17, 15) is 5.11 Å². The van der Waals surface area contributed by atoms with Gasteiger partial charge < -0.3 is 20.0 Å². The number of hydrogen-bond acceptors (Lipinski definition) is 4. The van der Waals surface area contributed by atoms with Crippen molar-refractivity contribution in [3.63, 3.8) is 0 Å². The van der Waals surface area contributed by atoms with E-state index in [0.29, 0.717) is 29.3 Å². The number of aliphatic hydroxyl groups is 1. The van der Waals surface area contributed by atoms with Crippen molar-refractivity contribution in [3.8, 4) is 0 Å². The highest BCUT2D eigenvalue weighted by Gasteiger charge is 2.67. The molecule has 3 N–H and O–H groups in total. The van der Waals surface area contributed by atoms with E-state index >= 15 is 0 Å². The quantitative estimate of drug-likeness (QED) is 0.574. The fourth-order valence-electron chi connectivity index (χ4n) is 8.84. The van der Waals surface area contributed by atoms with E-state index in [2.05, 4.69) is 19.9 Å². The Bertz CT molecular complexity index is 750. The molecule has 0 aromatic carbocycles. The molecule has 4 saturated carbocycles. The number of nitrogens with two attached hydrogens (primary N) is 1. The largest absolute Gasteiger partial charge is 0.472 e. The van der Waals surface area contributed by atoms with Gasteiger partial charge in [0.25, 0.3) is 0 Å². The van der Waals surface area contributed by atoms with E-state index in [0.717, 1.165) is 51.2 Å². The highest BCUT2D eigenvalue weighted by atomic mass is 16.5. The molecule has 5 rings (SSSR count). The van der Waals surface area contributed by atoms with E-state index < -0.39 is 5.60 Å². The van der Waals surface area contributed by atoms with Crippen molar-refractivity contribution in [2.24, 2.45) is 34.3 Å². The van der Waals surface area contributed by atoms with Gasteiger partial charge in [0, 0.05) is 12.0 Å². The highest BCUT2D eigenvalue weighted by Crippen LogP contribution is 2.70. The summed E-state index contributed by atoms with van der Waals surface area (Å²) in [5.74, 6) is 2.29. The molecule has 4 fully saturated rings. The SMILES string of the molecule is C[C@]12CC[C@H](OCCCCN)C[C@H]1CC[C@@H]1[C@@H]2CC[C@]2(C)[C@@H](c3ccoc3)CC[C@]12O. The molecule has 0 saturated heterocycles. The average Bonchev–Trinajstić information content (AvgIpc) is 3.37. The fraction of sp³-hybridized carbons (Fsp3) is 0.852. The van der Waals surface area contributed by atoms with E-state index in [-0.39, 0.29) is 5.41 Å². The third-order valence-electron chi connectivity index (χ3n) is 10.7. The average molecular weight is 430 g/mol. The summed E-state index contributed by atoms with van der Waals surface area (Å²) in [5, 5.41) is 12.3. The van der Waals surface area contributed by atoms with E-state index in [4.69, 9.17) is 14.9 Å². The lowest BCUT2D eigenvalue weighted by molar-refractivity contribution is -0.207. The lowest BCUT2D eigenvalue weighted by Gasteiger charge is -2.63. The van der Waals surface area contributed by atoms with Crippen LogP contribution in [-0.4, -0.2) is 30.0 Å². The summed E-state index contributed by atoms with van der Waals surface area (Å²) in [6.07, 6.45) is 16.9. The van der Waals surface area contributed by atoms with Crippen molar-refractivity contribution < 1.29 is 14.3 Å². The number of fused-ring (bicyclic) bond motifs is 5. The zero-order chi connectivity index (χ0) is 21.7. The van der Waals surface area contributed by atoms with Crippen molar-refractivity contribution >= 4 is 0 Å². The van der Waals surface area contributed by atoms with Gasteiger partial charge in [-0.2, -0.15) is 0 Å². The molecule has 0 bridgehead atoms. The maximum absolute atomic E-state index is 12.3. The van der Waals surface area contributed by atoms with Crippen LogP contribution in [0.4, 0.5) is 0 Å². The van der Waals surface area contributed by atoms with Crippen molar-refractivity contribution in [1.82, 2.24) is 0 Å². The van der Waals surface area contributed by atoms with Crippen LogP contribution in [0.3, 0.4) is 0 Å². The lowest BCUT2D eigenvalue weighted by atomic mass is 9.43. The number of unbranched alkanes of at least 4 members (excludes halogenated alkanes) is 1. The molecular weight excluding hydrogens is 386 g/mol. The van der Waals surface area contributed by atoms with Gasteiger partial charge in [0.05, 0.1) is 24.2 Å². The summed E-state index contributed by atoms with van der Waals surface area (Å²) in [7, 11) is 0. The Labute approximate surface area is 188 Å². The van der Waals surface area contributed by atoms with Crippen LogP contribution in [0.5, 0.6) is 0 Å². The maximum Gasteiger partial charge on any atom is 0.0937 e. The Morgan fingerprint density at radius 1 is 1.06 bits per heavy atom. The molecule has 1 aromatic rings. The molecule has 4 nitrogen and oxygen atoms in total. The van der Waals surface area contributed by atoms with Crippen molar-refractivity contribution in [2.75, 3.05) is 13.2 Å². The molecular formula is C27H43NO3. The van der Waals surface area contributed by atoms with Gasteiger partial charge >= 0.3 is 0 Å². The smallest absolute Gasteiger partial charge is 0.0937 e. The summed E-state index contributed by atoms with van der Waals surface area (Å²) in [4.78, 5) is 0. The molecule has 1 heterocycles. The van der Waals surface area contributed by atoms with E-state index in [1.165, 1.54) is 44.1 Å². The van der Waals surface area contributed by atoms with Gasteiger partial charge in [-0.05, 0) is 118 Å². The Hall–Kier alpha value is -0.840. The summed E-state index contributed by atoms with van der Waals surface area (Å²) < 4.78 is 11.7. The topological polar surface area (TPSA) is 68.6 Å². The summed E-state index contributed by atoms with van der Waals surface area (Å²) in [6.45, 7) is 6.58. The first-order chi connectivity index (χ1) is 14.9. The third kappa shape index (κ3) is 3.35. The number of ether oxygens (including phenoxy) is 1. The first kappa shape index (κ1) is 22.0. The van der Waals surface area contributed by atoms with Gasteiger partial charge in [-0.25, -0.2) is 0 Å². The standard InChI is InChI=1S/C27H43NO3/c1-25-11-7-21(31-15-4-3-14-28)17-20(25)5-6-24-23(25)8-12-26(2)22(9-13-27(24,26)29)19-10-16-30-18-19/h10,16,18,20-24,29H,3-9,11-15,17,28H2,1-2H3/t20-,21+,22-,23+,24-,25+,26-,27+/m1/s1. The van der Waals surface area contributed by atoms with Gasteiger partial charge in [0.15, 0.2) is 0 Å². The lowest BCUT2D eigenvalue weighted by Crippen LogP contribution is -2.62. The molecule has 4 aliphatic carbocycles. The first-order valence-electron chi connectivity index (χ1n) is 13.0. The molecule has 174 valence electrons. The molecule has 8 atom stereocenters. The van der Waals surface area contributed by atoms with Crippen LogP contribution in [0.2, 0.25) is 0 Å². The van der Waals surface area contributed by atoms with Crippen LogP contribution in [0.25, 0.3) is 0 Å². The second-order valence-electron chi connectivity index (χ2n) is 11.8. The van der Waals surface area contributed by atoms with Gasteiger partial charge in [-0.1, -0.05) is 13.8 Å². The number of hydrogen-bond donors (Lipinski definition) is 2. The highest BCUT2D eigenvalue weighted by molar-refractivity contribution is 5.26. The predicted molar refractivity (Wildman–Crippen MR) is 123 cm³/mol. The Balaban J connectivity index is 1.31. The molecule has 4 heteroatoms. The van der Waals surface area contributed by atoms with E-state index in [1.807, 2.05) is 6.26 Å². The Morgan fingerprint density at radius 3 is 2.71 bits per heavy atom.